The van der Waals surface area contributed by atoms with Crippen LogP contribution in [0.25, 0.3) is 0 Å². The monoisotopic (exact) mass is 531 g/mol. The maximum atomic E-state index is 13.6. The van der Waals surface area contributed by atoms with Gasteiger partial charge in [0.2, 0.25) is 11.8 Å². The highest BCUT2D eigenvalue weighted by Crippen LogP contribution is 2.30. The van der Waals surface area contributed by atoms with Crippen molar-refractivity contribution >= 4 is 11.8 Å². The van der Waals surface area contributed by atoms with E-state index in [0.29, 0.717) is 19.5 Å². The standard InChI is InChI=1S/C34H49N3O2/c1-2-3-4-5-6-7-8-9-16-23-32(38)37-24-17-22-31(37)34(39)36-27-25-35(26-28-36)33(29-18-12-10-13-19-29)30-20-14-11-15-21-30/h10-15,18-21,31,33H,2-9,16-17,22-28H2,1H3. The fourth-order valence-corrected chi connectivity index (χ4v) is 6.35. The molecular weight excluding hydrogens is 482 g/mol. The summed E-state index contributed by atoms with van der Waals surface area (Å²) in [4.78, 5) is 33.0. The van der Waals surface area contributed by atoms with E-state index in [1.54, 1.807) is 0 Å². The molecule has 0 saturated carbocycles. The lowest BCUT2D eigenvalue weighted by Gasteiger charge is -2.41. The highest BCUT2D eigenvalue weighted by atomic mass is 16.2. The van der Waals surface area contributed by atoms with Gasteiger partial charge in [-0.3, -0.25) is 14.5 Å². The molecule has 2 aliphatic heterocycles. The summed E-state index contributed by atoms with van der Waals surface area (Å²) in [7, 11) is 0. The molecule has 1 atom stereocenters. The fourth-order valence-electron chi connectivity index (χ4n) is 6.35. The summed E-state index contributed by atoms with van der Waals surface area (Å²) in [6.45, 7) is 6.08. The van der Waals surface area contributed by atoms with Crippen LogP contribution in [0.4, 0.5) is 0 Å². The first-order valence-corrected chi connectivity index (χ1v) is 15.6. The number of hydrogen-bond acceptors (Lipinski definition) is 3. The predicted octanol–water partition coefficient (Wildman–Crippen LogP) is 6.83. The molecule has 2 saturated heterocycles. The van der Waals surface area contributed by atoms with E-state index >= 15 is 0 Å². The van der Waals surface area contributed by atoms with Gasteiger partial charge in [-0.05, 0) is 30.4 Å². The van der Waals surface area contributed by atoms with Crippen LogP contribution in [-0.2, 0) is 9.59 Å². The molecule has 212 valence electrons. The van der Waals surface area contributed by atoms with E-state index in [9.17, 15) is 9.59 Å². The zero-order chi connectivity index (χ0) is 27.3. The van der Waals surface area contributed by atoms with E-state index < -0.39 is 0 Å². The molecule has 5 nitrogen and oxygen atoms in total. The summed E-state index contributed by atoms with van der Waals surface area (Å²) in [5.74, 6) is 0.337. The van der Waals surface area contributed by atoms with Crippen molar-refractivity contribution < 1.29 is 9.59 Å². The lowest BCUT2D eigenvalue weighted by molar-refractivity contribution is -0.145. The number of benzene rings is 2. The largest absolute Gasteiger partial charge is 0.338 e. The van der Waals surface area contributed by atoms with Gasteiger partial charge >= 0.3 is 0 Å². The third-order valence-corrected chi connectivity index (χ3v) is 8.57. The number of unbranched alkanes of at least 4 members (excludes halogenated alkanes) is 8. The molecule has 0 radical (unpaired) electrons. The molecule has 39 heavy (non-hydrogen) atoms. The van der Waals surface area contributed by atoms with Gasteiger partial charge in [-0.1, -0.05) is 119 Å². The normalized spacial score (nSPS) is 18.2. The van der Waals surface area contributed by atoms with Gasteiger partial charge in [-0.25, -0.2) is 0 Å². The fraction of sp³-hybridized carbons (Fsp3) is 0.588. The van der Waals surface area contributed by atoms with Crippen LogP contribution in [0.3, 0.4) is 0 Å². The molecule has 0 bridgehead atoms. The van der Waals surface area contributed by atoms with Crippen LogP contribution in [0.15, 0.2) is 60.7 Å². The first-order valence-electron chi connectivity index (χ1n) is 15.6. The third-order valence-electron chi connectivity index (χ3n) is 8.57. The van der Waals surface area contributed by atoms with Crippen molar-refractivity contribution in [3.63, 3.8) is 0 Å². The van der Waals surface area contributed by atoms with Crippen LogP contribution in [0.1, 0.15) is 101 Å². The number of carbonyl (C=O) groups is 2. The molecule has 2 fully saturated rings. The van der Waals surface area contributed by atoms with E-state index in [1.807, 2.05) is 9.80 Å². The minimum atomic E-state index is -0.262. The van der Waals surface area contributed by atoms with E-state index in [4.69, 9.17) is 0 Å². The van der Waals surface area contributed by atoms with Crippen molar-refractivity contribution in [2.75, 3.05) is 32.7 Å². The lowest BCUT2D eigenvalue weighted by Crippen LogP contribution is -2.55. The number of piperazine rings is 1. The smallest absolute Gasteiger partial charge is 0.245 e. The predicted molar refractivity (Wildman–Crippen MR) is 159 cm³/mol. The van der Waals surface area contributed by atoms with Crippen molar-refractivity contribution in [2.24, 2.45) is 0 Å². The molecular formula is C34H49N3O2. The highest BCUT2D eigenvalue weighted by molar-refractivity contribution is 5.88. The van der Waals surface area contributed by atoms with Gasteiger partial charge in [-0.2, -0.15) is 0 Å². The van der Waals surface area contributed by atoms with Crippen LogP contribution in [0, 0.1) is 0 Å². The summed E-state index contributed by atoms with van der Waals surface area (Å²) in [5, 5.41) is 0. The molecule has 2 amide bonds. The average molecular weight is 532 g/mol. The van der Waals surface area contributed by atoms with Gasteiger partial charge < -0.3 is 9.80 Å². The quantitative estimate of drug-likeness (QED) is 0.251. The van der Waals surface area contributed by atoms with Crippen molar-refractivity contribution in [1.29, 1.82) is 0 Å². The second-order valence-electron chi connectivity index (χ2n) is 11.4. The Bertz CT molecular complexity index is 949. The second kappa shape index (κ2) is 15.8. The minimum absolute atomic E-state index is 0.156. The Morgan fingerprint density at radius 1 is 0.718 bits per heavy atom. The summed E-state index contributed by atoms with van der Waals surface area (Å²) >= 11 is 0. The summed E-state index contributed by atoms with van der Waals surface area (Å²) in [6, 6.07) is 21.3. The Kier molecular flexibility index (Phi) is 11.9. The number of nitrogens with zero attached hydrogens (tertiary/aromatic N) is 3. The molecule has 0 N–H and O–H groups in total. The maximum Gasteiger partial charge on any atom is 0.245 e. The lowest BCUT2D eigenvalue weighted by atomic mass is 9.96. The van der Waals surface area contributed by atoms with Crippen molar-refractivity contribution in [3.8, 4) is 0 Å². The van der Waals surface area contributed by atoms with Crippen LogP contribution in [0.5, 0.6) is 0 Å². The van der Waals surface area contributed by atoms with Gasteiger partial charge in [0.15, 0.2) is 0 Å². The van der Waals surface area contributed by atoms with E-state index in [2.05, 4.69) is 72.5 Å². The zero-order valence-electron chi connectivity index (χ0n) is 24.1. The molecule has 2 heterocycles. The van der Waals surface area contributed by atoms with Crippen LogP contribution < -0.4 is 0 Å². The Balaban J connectivity index is 1.24. The Morgan fingerprint density at radius 3 is 1.82 bits per heavy atom. The molecule has 2 aromatic carbocycles. The van der Waals surface area contributed by atoms with Crippen molar-refractivity contribution in [1.82, 2.24) is 14.7 Å². The molecule has 0 spiro atoms. The molecule has 1 unspecified atom stereocenters. The average Bonchev–Trinajstić information content (AvgIpc) is 3.48. The first-order chi connectivity index (χ1) is 19.2. The van der Waals surface area contributed by atoms with E-state index in [1.165, 1.54) is 56.1 Å². The molecule has 5 heteroatoms. The van der Waals surface area contributed by atoms with Crippen molar-refractivity contribution in [3.05, 3.63) is 71.8 Å². The Hall–Kier alpha value is -2.66. The van der Waals surface area contributed by atoms with Gasteiger partial charge in [0.1, 0.15) is 6.04 Å². The first kappa shape index (κ1) is 29.3. The SMILES string of the molecule is CCCCCCCCCCCC(=O)N1CCCC1C(=O)N1CCN(C(c2ccccc2)c2ccccc2)CC1. The van der Waals surface area contributed by atoms with Gasteiger partial charge in [0, 0.05) is 39.1 Å². The second-order valence-corrected chi connectivity index (χ2v) is 11.4. The number of likely N-dealkylation sites (tertiary alicyclic amines) is 1. The van der Waals surface area contributed by atoms with Crippen LogP contribution >= 0.6 is 0 Å². The van der Waals surface area contributed by atoms with Crippen LogP contribution in [-0.4, -0.2) is 65.3 Å². The van der Waals surface area contributed by atoms with Gasteiger partial charge in [-0.15, -0.1) is 0 Å². The van der Waals surface area contributed by atoms with Gasteiger partial charge in [0.25, 0.3) is 0 Å². The van der Waals surface area contributed by atoms with Gasteiger partial charge in [0.05, 0.1) is 6.04 Å². The van der Waals surface area contributed by atoms with Crippen LogP contribution in [0.2, 0.25) is 0 Å². The minimum Gasteiger partial charge on any atom is -0.338 e. The van der Waals surface area contributed by atoms with Crippen molar-refractivity contribution in [2.45, 2.75) is 96.1 Å². The molecule has 0 aliphatic carbocycles. The molecule has 0 aromatic heterocycles. The Morgan fingerprint density at radius 2 is 1.26 bits per heavy atom. The molecule has 2 aliphatic rings. The number of hydrogen-bond donors (Lipinski definition) is 0. The Labute approximate surface area is 236 Å². The summed E-state index contributed by atoms with van der Waals surface area (Å²) in [5.41, 5.74) is 2.57. The molecule has 2 aromatic rings. The summed E-state index contributed by atoms with van der Waals surface area (Å²) in [6.07, 6.45) is 13.6. The highest BCUT2D eigenvalue weighted by Gasteiger charge is 2.37. The number of amides is 2. The summed E-state index contributed by atoms with van der Waals surface area (Å²) < 4.78 is 0. The zero-order valence-corrected chi connectivity index (χ0v) is 24.1. The number of rotatable bonds is 14. The third kappa shape index (κ3) is 8.41. The van der Waals surface area contributed by atoms with E-state index in [0.717, 1.165) is 45.3 Å². The topological polar surface area (TPSA) is 43.9 Å². The number of carbonyl (C=O) groups excluding carboxylic acids is 2. The van der Waals surface area contributed by atoms with E-state index in [-0.39, 0.29) is 23.9 Å². The molecule has 4 rings (SSSR count). The maximum absolute atomic E-state index is 13.6.